The molecule has 1 aliphatic rings. The van der Waals surface area contributed by atoms with E-state index in [1.165, 1.54) is 35.7 Å². The fraction of sp³-hybridized carbons (Fsp3) is 0.647. The molecule has 0 aliphatic carbocycles. The van der Waals surface area contributed by atoms with Gasteiger partial charge < -0.3 is 4.74 Å². The molecule has 1 atom stereocenters. The summed E-state index contributed by atoms with van der Waals surface area (Å²) in [5.74, 6) is 4.47. The summed E-state index contributed by atoms with van der Waals surface area (Å²) < 4.78 is 6.14. The molecule has 118 valence electrons. The van der Waals surface area contributed by atoms with E-state index in [1.54, 1.807) is 0 Å². The maximum Gasteiger partial charge on any atom is 0.159 e. The number of hydrogen-bond acceptors (Lipinski definition) is 4. The topological polar surface area (TPSA) is 35.2 Å². The van der Waals surface area contributed by atoms with Gasteiger partial charge in [0.25, 0.3) is 0 Å². The highest BCUT2D eigenvalue weighted by Gasteiger charge is 2.29. The van der Waals surface area contributed by atoms with Crippen LogP contribution in [0.5, 0.6) is 5.75 Å². The highest BCUT2D eigenvalue weighted by molar-refractivity contribution is 7.99. The van der Waals surface area contributed by atoms with Crippen molar-refractivity contribution in [3.8, 4) is 5.75 Å². The zero-order valence-electron chi connectivity index (χ0n) is 13.0. The zero-order chi connectivity index (χ0) is 15.0. The average Bonchev–Trinajstić information content (AvgIpc) is 2.65. The molecule has 0 bridgehead atoms. The second kappa shape index (κ2) is 8.96. The van der Waals surface area contributed by atoms with Gasteiger partial charge in [-0.1, -0.05) is 31.9 Å². The van der Waals surface area contributed by atoms with Crippen LogP contribution in [0.4, 0.5) is 0 Å². The van der Waals surface area contributed by atoms with Gasteiger partial charge in [0.1, 0.15) is 5.75 Å². The van der Waals surface area contributed by atoms with Gasteiger partial charge in [-0.05, 0) is 36.5 Å². The lowest BCUT2D eigenvalue weighted by Crippen LogP contribution is -2.46. The standard InChI is InChI=1S/C17H27NOS2/c1-2-3-6-12-20-13-7-10-17(18)11-14-21-16-9-5-4-8-15(16)19-17/h4-5,8-9H,2-3,6-7,10-14,18H2,1H3. The summed E-state index contributed by atoms with van der Waals surface area (Å²) >= 11 is 3.91. The minimum atomic E-state index is -0.483. The highest BCUT2D eigenvalue weighted by Crippen LogP contribution is 2.37. The number of para-hydroxylation sites is 1. The molecule has 2 N–H and O–H groups in total. The second-order valence-electron chi connectivity index (χ2n) is 5.64. The van der Waals surface area contributed by atoms with Crippen LogP contribution in [-0.2, 0) is 0 Å². The molecule has 0 saturated heterocycles. The predicted molar refractivity (Wildman–Crippen MR) is 95.4 cm³/mol. The fourth-order valence-electron chi connectivity index (χ4n) is 2.46. The van der Waals surface area contributed by atoms with Crippen molar-refractivity contribution in [2.75, 3.05) is 17.3 Å². The summed E-state index contributed by atoms with van der Waals surface area (Å²) in [4.78, 5) is 1.22. The molecule has 0 fully saturated rings. The van der Waals surface area contributed by atoms with Crippen LogP contribution < -0.4 is 10.5 Å². The lowest BCUT2D eigenvalue weighted by molar-refractivity contribution is 0.0616. The summed E-state index contributed by atoms with van der Waals surface area (Å²) in [5, 5.41) is 0. The molecule has 1 unspecified atom stereocenters. The van der Waals surface area contributed by atoms with Crippen LogP contribution in [0.1, 0.15) is 45.4 Å². The summed E-state index contributed by atoms with van der Waals surface area (Å²) in [6, 6.07) is 8.24. The van der Waals surface area contributed by atoms with E-state index in [4.69, 9.17) is 10.5 Å². The van der Waals surface area contributed by atoms with Crippen molar-refractivity contribution in [1.82, 2.24) is 0 Å². The van der Waals surface area contributed by atoms with Gasteiger partial charge in [0.15, 0.2) is 5.72 Å². The largest absolute Gasteiger partial charge is 0.472 e. The number of unbranched alkanes of at least 4 members (excludes halogenated alkanes) is 2. The van der Waals surface area contributed by atoms with Crippen molar-refractivity contribution in [2.45, 2.75) is 56.1 Å². The van der Waals surface area contributed by atoms with Gasteiger partial charge in [-0.15, -0.1) is 11.8 Å². The average molecular weight is 326 g/mol. The molecule has 21 heavy (non-hydrogen) atoms. The molecule has 4 heteroatoms. The number of ether oxygens (including phenoxy) is 1. The molecule has 0 amide bonds. The third-order valence-electron chi connectivity index (χ3n) is 3.73. The number of benzene rings is 1. The Labute approximate surface area is 137 Å². The number of fused-ring (bicyclic) bond motifs is 1. The Morgan fingerprint density at radius 1 is 1.24 bits per heavy atom. The van der Waals surface area contributed by atoms with E-state index in [9.17, 15) is 0 Å². The van der Waals surface area contributed by atoms with Gasteiger partial charge >= 0.3 is 0 Å². The highest BCUT2D eigenvalue weighted by atomic mass is 32.2. The van der Waals surface area contributed by atoms with Crippen LogP contribution in [-0.4, -0.2) is 23.0 Å². The first kappa shape index (κ1) is 17.0. The van der Waals surface area contributed by atoms with E-state index in [-0.39, 0.29) is 0 Å². The summed E-state index contributed by atoms with van der Waals surface area (Å²) in [6.45, 7) is 2.25. The van der Waals surface area contributed by atoms with Crippen LogP contribution in [0.3, 0.4) is 0 Å². The van der Waals surface area contributed by atoms with E-state index in [0.717, 1.165) is 30.8 Å². The Bertz CT molecular complexity index is 427. The Kier molecular flexibility index (Phi) is 7.27. The number of thioether (sulfide) groups is 2. The summed E-state index contributed by atoms with van der Waals surface area (Å²) in [6.07, 6.45) is 7.01. The van der Waals surface area contributed by atoms with Gasteiger partial charge in [0.2, 0.25) is 0 Å². The third kappa shape index (κ3) is 5.76. The molecule has 1 aromatic rings. The molecular formula is C17H27NOS2. The smallest absolute Gasteiger partial charge is 0.159 e. The predicted octanol–water partition coefficient (Wildman–Crippen LogP) is 4.92. The molecular weight excluding hydrogens is 298 g/mol. The minimum absolute atomic E-state index is 0.483. The van der Waals surface area contributed by atoms with Gasteiger partial charge in [-0.25, -0.2) is 0 Å². The van der Waals surface area contributed by atoms with Crippen molar-refractivity contribution in [2.24, 2.45) is 5.73 Å². The molecule has 2 rings (SSSR count). The van der Waals surface area contributed by atoms with E-state index in [1.807, 2.05) is 23.9 Å². The third-order valence-corrected chi connectivity index (χ3v) is 5.94. The van der Waals surface area contributed by atoms with Gasteiger partial charge in [0, 0.05) is 23.5 Å². The van der Waals surface area contributed by atoms with Crippen LogP contribution in [0.15, 0.2) is 29.2 Å². The van der Waals surface area contributed by atoms with Gasteiger partial charge in [-0.3, -0.25) is 5.73 Å². The monoisotopic (exact) mass is 325 g/mol. The Morgan fingerprint density at radius 2 is 2.05 bits per heavy atom. The summed E-state index contributed by atoms with van der Waals surface area (Å²) in [7, 11) is 0. The van der Waals surface area contributed by atoms with E-state index in [0.29, 0.717) is 0 Å². The molecule has 0 radical (unpaired) electrons. The molecule has 0 spiro atoms. The van der Waals surface area contributed by atoms with Crippen LogP contribution in [0.25, 0.3) is 0 Å². The Morgan fingerprint density at radius 3 is 2.90 bits per heavy atom. The first-order chi connectivity index (χ1) is 10.2. The quantitative estimate of drug-likeness (QED) is 0.688. The van der Waals surface area contributed by atoms with Crippen LogP contribution in [0, 0.1) is 0 Å². The van der Waals surface area contributed by atoms with Crippen LogP contribution in [0.2, 0.25) is 0 Å². The van der Waals surface area contributed by atoms with Crippen molar-refractivity contribution in [3.63, 3.8) is 0 Å². The van der Waals surface area contributed by atoms with Crippen molar-refractivity contribution >= 4 is 23.5 Å². The van der Waals surface area contributed by atoms with Crippen LogP contribution >= 0.6 is 23.5 Å². The zero-order valence-corrected chi connectivity index (χ0v) is 14.6. The maximum atomic E-state index is 6.49. The van der Waals surface area contributed by atoms with Gasteiger partial charge in [-0.2, -0.15) is 11.8 Å². The first-order valence-electron chi connectivity index (χ1n) is 8.01. The van der Waals surface area contributed by atoms with Crippen molar-refractivity contribution in [3.05, 3.63) is 24.3 Å². The Balaban J connectivity index is 1.74. The molecule has 2 nitrogen and oxygen atoms in total. The second-order valence-corrected chi connectivity index (χ2v) is 8.00. The Hall–Kier alpha value is -0.320. The van der Waals surface area contributed by atoms with Crippen molar-refractivity contribution in [1.29, 1.82) is 0 Å². The lowest BCUT2D eigenvalue weighted by atomic mass is 10.1. The van der Waals surface area contributed by atoms with Crippen molar-refractivity contribution < 1.29 is 4.74 Å². The van der Waals surface area contributed by atoms with E-state index < -0.39 is 5.72 Å². The SMILES string of the molecule is CCCCCSCCCC1(N)CCSc2ccccc2O1. The maximum absolute atomic E-state index is 6.49. The fourth-order valence-corrected chi connectivity index (χ4v) is 4.52. The molecule has 1 aliphatic heterocycles. The number of rotatable bonds is 8. The molecule has 1 aromatic carbocycles. The minimum Gasteiger partial charge on any atom is -0.472 e. The molecule has 0 saturated carbocycles. The van der Waals surface area contributed by atoms with Gasteiger partial charge in [0.05, 0.1) is 0 Å². The molecule has 1 heterocycles. The van der Waals surface area contributed by atoms with E-state index >= 15 is 0 Å². The summed E-state index contributed by atoms with van der Waals surface area (Å²) in [5.41, 5.74) is 6.01. The number of nitrogens with two attached hydrogens (primary N) is 1. The normalized spacial score (nSPS) is 21.4. The lowest BCUT2D eigenvalue weighted by Gasteiger charge is -2.29. The molecule has 0 aromatic heterocycles. The first-order valence-corrected chi connectivity index (χ1v) is 10.1. The number of hydrogen-bond donors (Lipinski definition) is 1. The van der Waals surface area contributed by atoms with E-state index in [2.05, 4.69) is 30.8 Å².